The zero-order chi connectivity index (χ0) is 8.69. The van der Waals surface area contributed by atoms with Crippen LogP contribution >= 0.6 is 0 Å². The van der Waals surface area contributed by atoms with E-state index in [1.807, 2.05) is 13.8 Å². The topological polar surface area (TPSA) is 48.2 Å². The molecule has 1 rings (SSSR count). The number of ether oxygens (including phenoxy) is 1. The Bertz CT molecular complexity index is 186. The molecule has 11 heavy (non-hydrogen) atoms. The molecule has 0 unspecified atom stereocenters. The van der Waals surface area contributed by atoms with Gasteiger partial charge in [-0.15, -0.1) is 0 Å². The molecule has 0 saturated carbocycles. The summed E-state index contributed by atoms with van der Waals surface area (Å²) in [6.45, 7) is 6.16. The van der Waals surface area contributed by atoms with Crippen LogP contribution in [0.5, 0.6) is 0 Å². The normalized spacial score (nSPS) is 8.73. The number of rotatable bonds is 2. The summed E-state index contributed by atoms with van der Waals surface area (Å²) in [5.41, 5.74) is 0. The van der Waals surface area contributed by atoms with Crippen molar-refractivity contribution in [1.82, 2.24) is 10.1 Å². The van der Waals surface area contributed by atoms with Crippen LogP contribution in [0.2, 0.25) is 0 Å². The maximum absolute atomic E-state index is 4.74. The highest BCUT2D eigenvalue weighted by Gasteiger charge is 1.98. The summed E-state index contributed by atoms with van der Waals surface area (Å²) < 4.78 is 9.46. The van der Waals surface area contributed by atoms with E-state index in [0.717, 1.165) is 0 Å². The van der Waals surface area contributed by atoms with Crippen LogP contribution in [0.15, 0.2) is 4.52 Å². The summed E-state index contributed by atoms with van der Waals surface area (Å²) in [4.78, 5) is 3.90. The van der Waals surface area contributed by atoms with Crippen molar-refractivity contribution in [3.63, 3.8) is 0 Å². The van der Waals surface area contributed by atoms with E-state index in [0.29, 0.717) is 18.3 Å². The molecule has 0 amide bonds. The van der Waals surface area contributed by atoms with E-state index in [1.165, 1.54) is 0 Å². The van der Waals surface area contributed by atoms with Crippen LogP contribution in [0.3, 0.4) is 0 Å². The molecule has 0 radical (unpaired) electrons. The highest BCUT2D eigenvalue weighted by Crippen LogP contribution is 1.95. The van der Waals surface area contributed by atoms with Gasteiger partial charge in [-0.05, 0) is 6.92 Å². The van der Waals surface area contributed by atoms with Crippen LogP contribution in [0.4, 0.5) is 0 Å². The number of aromatic nitrogens is 2. The molecule has 1 aromatic heterocycles. The predicted molar refractivity (Wildman–Crippen MR) is 41.1 cm³/mol. The summed E-state index contributed by atoms with van der Waals surface area (Å²) >= 11 is 0. The minimum atomic E-state index is 0.390. The minimum Gasteiger partial charge on any atom is -0.375 e. The molecular formula is C7H14N2O2. The highest BCUT2D eigenvalue weighted by atomic mass is 16.5. The zero-order valence-electron chi connectivity index (χ0n) is 7.42. The second-order valence-corrected chi connectivity index (χ2v) is 1.67. The number of nitrogens with zero attached hydrogens (tertiary/aromatic N) is 2. The third-order valence-electron chi connectivity index (χ3n) is 0.837. The van der Waals surface area contributed by atoms with Gasteiger partial charge in [0.2, 0.25) is 0 Å². The summed E-state index contributed by atoms with van der Waals surface area (Å²) in [6.07, 6.45) is 0. The first kappa shape index (κ1) is 10.1. The molecule has 0 aliphatic carbocycles. The first-order chi connectivity index (χ1) is 5.33. The molecule has 0 saturated heterocycles. The molecule has 1 heterocycles. The number of hydrogen-bond donors (Lipinski definition) is 0. The molecule has 0 aliphatic rings. The van der Waals surface area contributed by atoms with Crippen LogP contribution in [0.25, 0.3) is 0 Å². The van der Waals surface area contributed by atoms with Gasteiger partial charge in [-0.1, -0.05) is 19.0 Å². The monoisotopic (exact) mass is 158 g/mol. The van der Waals surface area contributed by atoms with Crippen LogP contribution in [-0.2, 0) is 11.3 Å². The predicted octanol–water partition coefficient (Wildman–Crippen LogP) is 1.55. The van der Waals surface area contributed by atoms with E-state index in [1.54, 1.807) is 14.0 Å². The molecule has 4 nitrogen and oxygen atoms in total. The van der Waals surface area contributed by atoms with Crippen LogP contribution < -0.4 is 0 Å². The zero-order valence-corrected chi connectivity index (χ0v) is 7.42. The van der Waals surface area contributed by atoms with Crippen molar-refractivity contribution >= 4 is 0 Å². The number of methoxy groups -OCH3 is 1. The van der Waals surface area contributed by atoms with Crippen LogP contribution in [0, 0.1) is 6.92 Å². The first-order valence-electron chi connectivity index (χ1n) is 3.61. The third-order valence-corrected chi connectivity index (χ3v) is 0.837. The van der Waals surface area contributed by atoms with Gasteiger partial charge in [0.15, 0.2) is 5.82 Å². The van der Waals surface area contributed by atoms with Crippen molar-refractivity contribution in [2.75, 3.05) is 7.11 Å². The Hall–Kier alpha value is -0.900. The summed E-state index contributed by atoms with van der Waals surface area (Å²) in [7, 11) is 1.58. The van der Waals surface area contributed by atoms with Gasteiger partial charge in [-0.2, -0.15) is 4.98 Å². The van der Waals surface area contributed by atoms with Crippen molar-refractivity contribution in [2.24, 2.45) is 0 Å². The van der Waals surface area contributed by atoms with Crippen LogP contribution in [0.1, 0.15) is 25.6 Å². The van der Waals surface area contributed by atoms with Gasteiger partial charge in [0.05, 0.1) is 0 Å². The SMILES string of the molecule is CC.COCc1nc(C)no1. The van der Waals surface area contributed by atoms with E-state index >= 15 is 0 Å². The molecule has 1 aromatic rings. The Balaban J connectivity index is 0.000000461. The van der Waals surface area contributed by atoms with Crippen molar-refractivity contribution in [3.8, 4) is 0 Å². The van der Waals surface area contributed by atoms with Gasteiger partial charge in [-0.3, -0.25) is 0 Å². The fourth-order valence-electron chi connectivity index (χ4n) is 0.522. The molecule has 0 aliphatic heterocycles. The smallest absolute Gasteiger partial charge is 0.252 e. The molecule has 4 heteroatoms. The summed E-state index contributed by atoms with van der Waals surface area (Å²) in [6, 6.07) is 0. The Morgan fingerprint density at radius 2 is 2.09 bits per heavy atom. The molecule has 0 spiro atoms. The number of aryl methyl sites for hydroxylation is 1. The quantitative estimate of drug-likeness (QED) is 0.655. The van der Waals surface area contributed by atoms with E-state index in [2.05, 4.69) is 10.1 Å². The van der Waals surface area contributed by atoms with Crippen molar-refractivity contribution < 1.29 is 9.26 Å². The van der Waals surface area contributed by atoms with Gasteiger partial charge in [-0.25, -0.2) is 0 Å². The Kier molecular flexibility index (Phi) is 5.37. The van der Waals surface area contributed by atoms with Gasteiger partial charge in [0, 0.05) is 7.11 Å². The molecule has 64 valence electrons. The lowest BCUT2D eigenvalue weighted by atomic mass is 10.7. The molecule has 0 atom stereocenters. The van der Waals surface area contributed by atoms with Crippen molar-refractivity contribution in [1.29, 1.82) is 0 Å². The summed E-state index contributed by atoms with van der Waals surface area (Å²) in [5, 5.41) is 3.57. The minimum absolute atomic E-state index is 0.390. The average Bonchev–Trinajstić information content (AvgIpc) is 2.41. The van der Waals surface area contributed by atoms with Crippen molar-refractivity contribution in [3.05, 3.63) is 11.7 Å². The average molecular weight is 158 g/mol. The molecule has 0 N–H and O–H groups in total. The lowest BCUT2D eigenvalue weighted by Gasteiger charge is -1.85. The largest absolute Gasteiger partial charge is 0.375 e. The van der Waals surface area contributed by atoms with Gasteiger partial charge < -0.3 is 9.26 Å². The molecule has 0 bridgehead atoms. The van der Waals surface area contributed by atoms with E-state index < -0.39 is 0 Å². The maximum Gasteiger partial charge on any atom is 0.252 e. The van der Waals surface area contributed by atoms with E-state index in [9.17, 15) is 0 Å². The van der Waals surface area contributed by atoms with Crippen molar-refractivity contribution in [2.45, 2.75) is 27.4 Å². The second-order valence-electron chi connectivity index (χ2n) is 1.67. The Morgan fingerprint density at radius 1 is 1.45 bits per heavy atom. The molecule has 0 aromatic carbocycles. The fourth-order valence-corrected chi connectivity index (χ4v) is 0.522. The molecular weight excluding hydrogens is 144 g/mol. The van der Waals surface area contributed by atoms with E-state index in [-0.39, 0.29) is 0 Å². The molecule has 0 fully saturated rings. The number of hydrogen-bond acceptors (Lipinski definition) is 4. The maximum atomic E-state index is 4.74. The summed E-state index contributed by atoms with van der Waals surface area (Å²) in [5.74, 6) is 1.16. The highest BCUT2D eigenvalue weighted by molar-refractivity contribution is 4.79. The first-order valence-corrected chi connectivity index (χ1v) is 3.61. The Morgan fingerprint density at radius 3 is 2.45 bits per heavy atom. The third kappa shape index (κ3) is 3.72. The van der Waals surface area contributed by atoms with Gasteiger partial charge in [0.1, 0.15) is 6.61 Å². The lowest BCUT2D eigenvalue weighted by molar-refractivity contribution is 0.151. The lowest BCUT2D eigenvalue weighted by Crippen LogP contribution is -1.85. The second kappa shape index (κ2) is 5.85. The fraction of sp³-hybridized carbons (Fsp3) is 0.714. The standard InChI is InChI=1S/C5H8N2O2.C2H6/c1-4-6-5(3-8-2)9-7-4;1-2/h3H2,1-2H3;1-2H3. The van der Waals surface area contributed by atoms with E-state index in [4.69, 9.17) is 9.26 Å². The Labute approximate surface area is 66.6 Å². The van der Waals surface area contributed by atoms with Gasteiger partial charge in [0.25, 0.3) is 5.89 Å². The van der Waals surface area contributed by atoms with Crippen LogP contribution in [-0.4, -0.2) is 17.3 Å². The van der Waals surface area contributed by atoms with Gasteiger partial charge >= 0.3 is 0 Å².